The Morgan fingerprint density at radius 3 is 1.52 bits per heavy atom. The van der Waals surface area contributed by atoms with Gasteiger partial charge in [-0.15, -0.1) is 0 Å². The van der Waals surface area contributed by atoms with E-state index < -0.39 is 57.2 Å². The van der Waals surface area contributed by atoms with Gasteiger partial charge in [0.15, 0.2) is 5.75 Å². The van der Waals surface area contributed by atoms with Crippen LogP contribution in [0.15, 0.2) is 17.0 Å². The van der Waals surface area contributed by atoms with Gasteiger partial charge >= 0.3 is 17.9 Å². The summed E-state index contributed by atoms with van der Waals surface area (Å²) in [5.74, 6) is -4.61. The summed E-state index contributed by atoms with van der Waals surface area (Å²) in [5, 5.41) is 25.5. The van der Waals surface area contributed by atoms with Gasteiger partial charge in [0.2, 0.25) is 17.7 Å². The molecule has 1 aromatic rings. The number of hydrogen-bond donors (Lipinski definition) is 6. The fourth-order valence-electron chi connectivity index (χ4n) is 6.23. The third-order valence-corrected chi connectivity index (χ3v) is 11.0. The number of nitrogens with one attached hydrogen (secondary N) is 3. The maximum absolute atomic E-state index is 12.3. The normalized spacial score (nSPS) is 11.8. The zero-order valence-corrected chi connectivity index (χ0v) is 39.6. The summed E-state index contributed by atoms with van der Waals surface area (Å²) in [7, 11) is -4.78. The molecule has 0 aromatic heterocycles. The van der Waals surface area contributed by atoms with E-state index in [0.717, 1.165) is 50.7 Å². The molecule has 1 rings (SSSR count). The van der Waals surface area contributed by atoms with Gasteiger partial charge in [-0.2, -0.15) is 8.42 Å². The number of carbonyl (C=O) groups is 6. The molecule has 0 aliphatic carbocycles. The number of rotatable bonds is 42. The third-order valence-electron chi connectivity index (χ3n) is 9.64. The third kappa shape index (κ3) is 33.5. The van der Waals surface area contributed by atoms with E-state index >= 15 is 0 Å². The number of carboxylic acids is 2. The molecule has 19 nitrogen and oxygen atoms in total. The van der Waals surface area contributed by atoms with Crippen LogP contribution in [0.4, 0.5) is 0 Å². The van der Waals surface area contributed by atoms with Crippen molar-refractivity contribution < 1.29 is 75.6 Å². The van der Waals surface area contributed by atoms with E-state index in [2.05, 4.69) is 16.0 Å². The lowest BCUT2D eigenvalue weighted by atomic mass is 10.0. The van der Waals surface area contributed by atoms with E-state index in [1.807, 2.05) is 0 Å². The van der Waals surface area contributed by atoms with Crippen molar-refractivity contribution in [2.45, 2.75) is 139 Å². The Morgan fingerprint density at radius 2 is 1.03 bits per heavy atom. The summed E-state index contributed by atoms with van der Waals surface area (Å²) in [6.07, 6.45) is 18.0. The standard InChI is InChI=1S/C43H69Cl2N3O16S/c44-33-29-34(45)42(36(30-33)65(57,58)59)64-41(54)32-63-28-26-61-24-22-47-39(51)31-62-27-25-60-23-21-46-37(49)20-19-35(43(55)56)48-38(50)17-15-13-11-9-7-5-3-1-2-4-6-8-10-12-14-16-18-40(52)53/h29-30,35H,1-28,31-32H2,(H,46,49)(H,47,51)(H,48,50)(H,52,53)(H,55,56)(H,57,58,59). The van der Waals surface area contributed by atoms with Crippen molar-refractivity contribution in [1.29, 1.82) is 0 Å². The molecule has 0 aliphatic heterocycles. The minimum absolute atomic E-state index is 0.0337. The van der Waals surface area contributed by atoms with Gasteiger partial charge in [-0.1, -0.05) is 113 Å². The molecule has 0 fully saturated rings. The molecule has 1 unspecified atom stereocenters. The molecule has 0 saturated heterocycles. The fraction of sp³-hybridized carbons (Fsp3) is 0.721. The molecule has 65 heavy (non-hydrogen) atoms. The van der Waals surface area contributed by atoms with E-state index in [1.54, 1.807) is 0 Å². The SMILES string of the molecule is O=C(O)CCCCCCCCCCCCCCCCCCC(=O)NC(CCC(=O)NCCOCCOCC(=O)NCCOCCOCC(=O)Oc1c(Cl)cc(Cl)cc1S(=O)(=O)O)C(=O)O. The lowest BCUT2D eigenvalue weighted by Crippen LogP contribution is -2.41. The molecular weight excluding hydrogens is 917 g/mol. The van der Waals surface area contributed by atoms with Crippen molar-refractivity contribution in [2.75, 3.05) is 65.9 Å². The van der Waals surface area contributed by atoms with Crippen LogP contribution in [0, 0.1) is 0 Å². The summed E-state index contributed by atoms with van der Waals surface area (Å²) in [5.41, 5.74) is 0. The average molecular weight is 987 g/mol. The van der Waals surface area contributed by atoms with Crippen LogP contribution in [0.5, 0.6) is 5.75 Å². The van der Waals surface area contributed by atoms with Gasteiger partial charge < -0.3 is 49.8 Å². The van der Waals surface area contributed by atoms with Gasteiger partial charge in [0.25, 0.3) is 10.1 Å². The predicted octanol–water partition coefficient (Wildman–Crippen LogP) is 5.90. The van der Waals surface area contributed by atoms with Crippen LogP contribution in [-0.2, 0) is 57.8 Å². The summed E-state index contributed by atoms with van der Waals surface area (Å²) < 4.78 is 58.4. The Balaban J connectivity index is 1.96. The second kappa shape index (κ2) is 37.5. The summed E-state index contributed by atoms with van der Waals surface area (Å²) >= 11 is 11.6. The lowest BCUT2D eigenvalue weighted by molar-refractivity contribution is -0.142. The number of halogens is 2. The van der Waals surface area contributed by atoms with Gasteiger partial charge in [0, 0.05) is 37.4 Å². The summed E-state index contributed by atoms with van der Waals surface area (Å²) in [6, 6.07) is 0.849. The van der Waals surface area contributed by atoms with Crippen LogP contribution in [0.1, 0.15) is 128 Å². The summed E-state index contributed by atoms with van der Waals surface area (Å²) in [6.45, 7) is 0.127. The molecule has 22 heteroatoms. The Bertz CT molecular complexity index is 1670. The van der Waals surface area contributed by atoms with Gasteiger partial charge in [0.1, 0.15) is 24.2 Å². The molecule has 0 radical (unpaired) electrons. The molecule has 1 atom stereocenters. The predicted molar refractivity (Wildman–Crippen MR) is 241 cm³/mol. The van der Waals surface area contributed by atoms with Crippen LogP contribution >= 0.6 is 23.2 Å². The van der Waals surface area contributed by atoms with E-state index in [4.69, 9.17) is 52.0 Å². The first-order valence-electron chi connectivity index (χ1n) is 22.4. The number of unbranched alkanes of at least 4 members (excludes halogenated alkanes) is 15. The number of aliphatic carboxylic acids is 2. The number of carbonyl (C=O) groups excluding carboxylic acids is 4. The largest absolute Gasteiger partial charge is 0.481 e. The molecule has 372 valence electrons. The number of ether oxygens (including phenoxy) is 5. The highest BCUT2D eigenvalue weighted by atomic mass is 35.5. The maximum Gasteiger partial charge on any atom is 0.337 e. The number of benzene rings is 1. The van der Waals surface area contributed by atoms with E-state index in [1.165, 1.54) is 57.8 Å². The second-order valence-electron chi connectivity index (χ2n) is 15.2. The van der Waals surface area contributed by atoms with Crippen molar-refractivity contribution >= 4 is 68.9 Å². The number of esters is 1. The second-order valence-corrected chi connectivity index (χ2v) is 17.5. The highest BCUT2D eigenvalue weighted by Crippen LogP contribution is 2.35. The van der Waals surface area contributed by atoms with Crippen LogP contribution in [-0.4, -0.2) is 131 Å². The zero-order chi connectivity index (χ0) is 48.1. The van der Waals surface area contributed by atoms with E-state index in [9.17, 15) is 46.8 Å². The molecule has 1 aromatic carbocycles. The van der Waals surface area contributed by atoms with Crippen molar-refractivity contribution in [2.24, 2.45) is 0 Å². The molecule has 0 aliphatic rings. The maximum atomic E-state index is 12.3. The molecule has 0 heterocycles. The van der Waals surface area contributed by atoms with Crippen molar-refractivity contribution in [3.63, 3.8) is 0 Å². The van der Waals surface area contributed by atoms with Gasteiger partial charge in [-0.3, -0.25) is 23.7 Å². The molecule has 0 bridgehead atoms. The smallest absolute Gasteiger partial charge is 0.337 e. The monoisotopic (exact) mass is 985 g/mol. The Morgan fingerprint density at radius 1 is 0.569 bits per heavy atom. The lowest BCUT2D eigenvalue weighted by Gasteiger charge is -2.14. The van der Waals surface area contributed by atoms with Crippen molar-refractivity contribution in [3.8, 4) is 5.75 Å². The minimum Gasteiger partial charge on any atom is -0.481 e. The van der Waals surface area contributed by atoms with Gasteiger partial charge in [-0.25, -0.2) is 9.59 Å². The van der Waals surface area contributed by atoms with Crippen LogP contribution in [0.25, 0.3) is 0 Å². The highest BCUT2D eigenvalue weighted by molar-refractivity contribution is 7.86. The van der Waals surface area contributed by atoms with E-state index in [-0.39, 0.29) is 107 Å². The molecule has 0 saturated carbocycles. The average Bonchev–Trinajstić information content (AvgIpc) is 3.23. The first-order chi connectivity index (χ1) is 31.1. The molecule has 3 amide bonds. The van der Waals surface area contributed by atoms with E-state index in [0.29, 0.717) is 6.42 Å². The quantitative estimate of drug-likeness (QED) is 0.0192. The fourth-order valence-corrected chi connectivity index (χ4v) is 7.55. The Labute approximate surface area is 392 Å². The first kappa shape index (κ1) is 59.4. The molecule has 0 spiro atoms. The van der Waals surface area contributed by atoms with Crippen LogP contribution in [0.2, 0.25) is 10.0 Å². The number of carboxylic acid groups (broad SMARTS) is 2. The highest BCUT2D eigenvalue weighted by Gasteiger charge is 2.24. The Kier molecular flexibility index (Phi) is 34.2. The summed E-state index contributed by atoms with van der Waals surface area (Å²) in [4.78, 5) is 69.9. The minimum atomic E-state index is -4.78. The topological polar surface area (TPSA) is 279 Å². The van der Waals surface area contributed by atoms with Gasteiger partial charge in [0.05, 0.1) is 44.7 Å². The Hall–Kier alpha value is -3.63. The molecule has 6 N–H and O–H groups in total. The number of hydrogen-bond acceptors (Lipinski definition) is 13. The van der Waals surface area contributed by atoms with Crippen molar-refractivity contribution in [1.82, 2.24) is 16.0 Å². The van der Waals surface area contributed by atoms with Gasteiger partial charge in [-0.05, 0) is 31.4 Å². The van der Waals surface area contributed by atoms with Crippen molar-refractivity contribution in [3.05, 3.63) is 22.2 Å². The van der Waals surface area contributed by atoms with Crippen LogP contribution < -0.4 is 20.7 Å². The molecular formula is C43H69Cl2N3O16S. The van der Waals surface area contributed by atoms with Crippen LogP contribution in [0.3, 0.4) is 0 Å². The zero-order valence-electron chi connectivity index (χ0n) is 37.3. The number of amides is 3. The first-order valence-corrected chi connectivity index (χ1v) is 24.5.